The highest BCUT2D eigenvalue weighted by Gasteiger charge is 2.58. The van der Waals surface area contributed by atoms with Crippen molar-refractivity contribution < 1.29 is 14.6 Å². The lowest BCUT2D eigenvalue weighted by Crippen LogP contribution is -2.58. The molecule has 0 heterocycles. The van der Waals surface area contributed by atoms with Crippen LogP contribution >= 0.6 is 0 Å². The van der Waals surface area contributed by atoms with Crippen LogP contribution in [0.3, 0.4) is 0 Å². The van der Waals surface area contributed by atoms with E-state index in [0.29, 0.717) is 5.92 Å². The third-order valence-electron chi connectivity index (χ3n) is 9.16. The van der Waals surface area contributed by atoms with Gasteiger partial charge in [0.2, 0.25) is 0 Å². The fourth-order valence-corrected chi connectivity index (χ4v) is 7.20. The van der Waals surface area contributed by atoms with Crippen LogP contribution in [0.2, 0.25) is 0 Å². The molecule has 4 saturated carbocycles. The second-order valence-corrected chi connectivity index (χ2v) is 12.6. The van der Waals surface area contributed by atoms with Crippen molar-refractivity contribution in [2.75, 3.05) is 6.61 Å². The number of ether oxygens (including phenoxy) is 2. The highest BCUT2D eigenvalue weighted by molar-refractivity contribution is 5.23. The Morgan fingerprint density at radius 3 is 2.00 bits per heavy atom. The lowest BCUT2D eigenvalue weighted by molar-refractivity contribution is -0.258. The van der Waals surface area contributed by atoms with Crippen molar-refractivity contribution in [3.8, 4) is 0 Å². The fraction of sp³-hybridized carbons (Fsp3) is 0.852. The molecule has 170 valence electrons. The predicted molar refractivity (Wildman–Crippen MR) is 122 cm³/mol. The highest BCUT2D eigenvalue weighted by atomic mass is 16.6. The molecule has 0 aromatic heterocycles. The minimum atomic E-state index is -0.868. The van der Waals surface area contributed by atoms with E-state index in [1.165, 1.54) is 44.1 Å². The molecule has 0 aromatic carbocycles. The number of allylic oxidation sites excluding steroid dienone is 4. The third kappa shape index (κ3) is 4.39. The molecule has 4 fully saturated rings. The normalized spacial score (nSPS) is 35.6. The number of aliphatic hydroxyl groups is 1. The predicted octanol–water partition coefficient (Wildman–Crippen LogP) is 6.62. The van der Waals surface area contributed by atoms with Crippen LogP contribution in [0.4, 0.5) is 0 Å². The van der Waals surface area contributed by atoms with Crippen LogP contribution in [0.25, 0.3) is 0 Å². The first kappa shape index (κ1) is 22.4. The average Bonchev–Trinajstić information content (AvgIpc) is 2.64. The smallest absolute Gasteiger partial charge is 0.189 e. The minimum absolute atomic E-state index is 0.222. The van der Waals surface area contributed by atoms with Gasteiger partial charge < -0.3 is 14.6 Å². The standard InChI is InChI=1S/C27H44O3/c1-18(25(2,3)4)22-7-9-23(10-8-22)29-17-24(28)30-26(5,6)27-14-19-11-20(15-27)13-21(12-19)16-27/h7,9,18-21,24,28H,8,10-17H2,1-6H3. The van der Waals surface area contributed by atoms with Crippen LogP contribution in [-0.4, -0.2) is 23.6 Å². The monoisotopic (exact) mass is 416 g/mol. The zero-order chi connectivity index (χ0) is 21.7. The molecule has 0 aromatic rings. The third-order valence-corrected chi connectivity index (χ3v) is 9.16. The number of aliphatic hydroxyl groups excluding tert-OH is 1. The fourth-order valence-electron chi connectivity index (χ4n) is 7.20. The zero-order valence-corrected chi connectivity index (χ0v) is 20.2. The van der Waals surface area contributed by atoms with Crippen molar-refractivity contribution in [3.63, 3.8) is 0 Å². The van der Waals surface area contributed by atoms with Crippen molar-refractivity contribution in [2.45, 2.75) is 105 Å². The Bertz CT molecular complexity index is 658. The molecule has 2 atom stereocenters. The maximum Gasteiger partial charge on any atom is 0.189 e. The quantitative estimate of drug-likeness (QED) is 0.474. The van der Waals surface area contributed by atoms with Crippen LogP contribution in [0, 0.1) is 34.5 Å². The summed E-state index contributed by atoms with van der Waals surface area (Å²) in [5, 5.41) is 10.7. The molecule has 5 rings (SSSR count). The number of hydrogen-bond donors (Lipinski definition) is 1. The van der Waals surface area contributed by atoms with Gasteiger partial charge in [-0.15, -0.1) is 0 Å². The summed E-state index contributed by atoms with van der Waals surface area (Å²) in [6, 6.07) is 0. The molecule has 5 aliphatic carbocycles. The van der Waals surface area contributed by atoms with Crippen molar-refractivity contribution in [1.82, 2.24) is 0 Å². The minimum Gasteiger partial charge on any atom is -0.493 e. The van der Waals surface area contributed by atoms with E-state index in [1.54, 1.807) is 0 Å². The summed E-state index contributed by atoms with van der Waals surface area (Å²) in [4.78, 5) is 0. The first-order chi connectivity index (χ1) is 14.0. The second kappa shape index (κ2) is 7.96. The topological polar surface area (TPSA) is 38.7 Å². The molecule has 4 bridgehead atoms. The van der Waals surface area contributed by atoms with Gasteiger partial charge in [-0.05, 0) is 99.4 Å². The van der Waals surface area contributed by atoms with Crippen LogP contribution < -0.4 is 0 Å². The van der Waals surface area contributed by atoms with E-state index in [-0.39, 0.29) is 23.0 Å². The van der Waals surface area contributed by atoms with Crippen molar-refractivity contribution in [3.05, 3.63) is 23.5 Å². The lowest BCUT2D eigenvalue weighted by atomic mass is 9.46. The Balaban J connectivity index is 1.31. The Morgan fingerprint density at radius 1 is 0.967 bits per heavy atom. The van der Waals surface area contributed by atoms with E-state index in [2.05, 4.69) is 53.7 Å². The van der Waals surface area contributed by atoms with Gasteiger partial charge in [-0.3, -0.25) is 0 Å². The Kier molecular flexibility index (Phi) is 5.94. The maximum absolute atomic E-state index is 10.7. The van der Waals surface area contributed by atoms with Gasteiger partial charge in [0, 0.05) is 6.42 Å². The van der Waals surface area contributed by atoms with E-state index >= 15 is 0 Å². The summed E-state index contributed by atoms with van der Waals surface area (Å²) in [6.45, 7) is 13.9. The summed E-state index contributed by atoms with van der Waals surface area (Å²) in [5.74, 6) is 4.18. The van der Waals surface area contributed by atoms with Crippen LogP contribution in [-0.2, 0) is 9.47 Å². The summed E-state index contributed by atoms with van der Waals surface area (Å²) in [6.07, 6.45) is 13.5. The summed E-state index contributed by atoms with van der Waals surface area (Å²) in [7, 11) is 0. The molecule has 1 N–H and O–H groups in total. The largest absolute Gasteiger partial charge is 0.493 e. The first-order valence-electron chi connectivity index (χ1n) is 12.4. The van der Waals surface area contributed by atoms with E-state index in [4.69, 9.17) is 9.47 Å². The maximum atomic E-state index is 10.7. The van der Waals surface area contributed by atoms with Gasteiger partial charge in [0.1, 0.15) is 6.61 Å². The molecule has 30 heavy (non-hydrogen) atoms. The molecule has 3 nitrogen and oxygen atoms in total. The van der Waals surface area contributed by atoms with Gasteiger partial charge in [-0.1, -0.05) is 39.3 Å². The highest BCUT2D eigenvalue weighted by Crippen LogP contribution is 2.64. The Labute approximate surface area is 184 Å². The molecule has 2 unspecified atom stereocenters. The number of rotatable bonds is 7. The first-order valence-corrected chi connectivity index (χ1v) is 12.4. The van der Waals surface area contributed by atoms with Crippen molar-refractivity contribution >= 4 is 0 Å². The SMILES string of the molecule is CC(C1=CC=C(OCC(O)OC(C)(C)C23CC4CC(CC(C4)C2)C3)CC1)C(C)(C)C. The molecule has 0 saturated heterocycles. The molecular weight excluding hydrogens is 372 g/mol. The van der Waals surface area contributed by atoms with Gasteiger partial charge in [0.15, 0.2) is 6.29 Å². The molecule has 0 radical (unpaired) electrons. The van der Waals surface area contributed by atoms with E-state index in [0.717, 1.165) is 36.4 Å². The van der Waals surface area contributed by atoms with Crippen molar-refractivity contribution in [1.29, 1.82) is 0 Å². The summed E-state index contributed by atoms with van der Waals surface area (Å²) in [5.41, 5.74) is 1.72. The van der Waals surface area contributed by atoms with E-state index in [1.807, 2.05) is 0 Å². The molecular formula is C27H44O3. The summed E-state index contributed by atoms with van der Waals surface area (Å²) < 4.78 is 12.3. The van der Waals surface area contributed by atoms with Gasteiger partial charge in [-0.2, -0.15) is 0 Å². The van der Waals surface area contributed by atoms with Crippen LogP contribution in [0.15, 0.2) is 23.5 Å². The van der Waals surface area contributed by atoms with Gasteiger partial charge >= 0.3 is 0 Å². The van der Waals surface area contributed by atoms with Gasteiger partial charge in [0.25, 0.3) is 0 Å². The van der Waals surface area contributed by atoms with E-state index < -0.39 is 6.29 Å². The lowest BCUT2D eigenvalue weighted by Gasteiger charge is -2.62. The van der Waals surface area contributed by atoms with Gasteiger partial charge in [0.05, 0.1) is 11.4 Å². The summed E-state index contributed by atoms with van der Waals surface area (Å²) >= 11 is 0. The second-order valence-electron chi connectivity index (χ2n) is 12.6. The molecule has 0 aliphatic heterocycles. The molecule has 0 amide bonds. The Hall–Kier alpha value is -0.800. The average molecular weight is 417 g/mol. The van der Waals surface area contributed by atoms with Gasteiger partial charge in [-0.25, -0.2) is 0 Å². The molecule has 3 heteroatoms. The number of hydrogen-bond acceptors (Lipinski definition) is 3. The molecule has 0 spiro atoms. The zero-order valence-electron chi connectivity index (χ0n) is 20.2. The van der Waals surface area contributed by atoms with E-state index in [9.17, 15) is 5.11 Å². The van der Waals surface area contributed by atoms with Crippen LogP contribution in [0.1, 0.15) is 92.9 Å². The van der Waals surface area contributed by atoms with Crippen LogP contribution in [0.5, 0.6) is 0 Å². The molecule has 5 aliphatic rings. The Morgan fingerprint density at radius 2 is 1.53 bits per heavy atom. The van der Waals surface area contributed by atoms with Crippen molar-refractivity contribution in [2.24, 2.45) is 34.5 Å².